The lowest BCUT2D eigenvalue weighted by atomic mass is 9.95. The molecule has 10 rings (SSSR count). The van der Waals surface area contributed by atoms with Gasteiger partial charge in [0.25, 0.3) is 11.4 Å². The largest absolute Gasteiger partial charge is 0.427 e. The van der Waals surface area contributed by atoms with Gasteiger partial charge in [0.2, 0.25) is 5.91 Å². The molecule has 0 bridgehead atoms. The lowest BCUT2D eigenvalue weighted by Crippen LogP contribution is -2.67. The summed E-state index contributed by atoms with van der Waals surface area (Å²) in [4.78, 5) is 66.5. The maximum atomic E-state index is 12.0. The highest BCUT2D eigenvalue weighted by molar-refractivity contribution is 5.77. The first-order valence-corrected chi connectivity index (χ1v) is 42.1. The summed E-state index contributed by atoms with van der Waals surface area (Å²) in [5.41, 5.74) is 5.17. The van der Waals surface area contributed by atoms with E-state index < -0.39 is 320 Å². The number of nitro benzene ring substituents is 2. The van der Waals surface area contributed by atoms with Crippen LogP contribution in [0.15, 0.2) is 48.5 Å². The number of aliphatic hydroxyl groups excluding tert-OH is 26. The molecule has 8 saturated heterocycles. The Labute approximate surface area is 754 Å². The molecule has 133 heavy (non-hydrogen) atoms. The summed E-state index contributed by atoms with van der Waals surface area (Å²) in [6.45, 7) is -5.43. The Balaban J connectivity index is 0.000000259. The van der Waals surface area contributed by atoms with Crippen LogP contribution in [0.3, 0.4) is 0 Å². The van der Waals surface area contributed by atoms with Gasteiger partial charge in [-0.15, -0.1) is 0 Å². The zero-order chi connectivity index (χ0) is 98.1. The number of Topliss-reactive ketones (excluding diaryl/α,β-unsaturated/α-hetero) is 1. The first kappa shape index (κ1) is 112. The van der Waals surface area contributed by atoms with Gasteiger partial charge in [0.05, 0.1) is 75.9 Å². The molecule has 16 unspecified atom stereocenters. The summed E-state index contributed by atoms with van der Waals surface area (Å²) >= 11 is 0. The second kappa shape index (κ2) is 53.7. The van der Waals surface area contributed by atoms with Crippen LogP contribution < -0.4 is 20.5 Å². The van der Waals surface area contributed by atoms with E-state index in [-0.39, 0.29) is 80.1 Å². The van der Waals surface area contributed by atoms with Crippen molar-refractivity contribution < 1.29 is 247 Å². The molecule has 0 aliphatic carbocycles. The Morgan fingerprint density at radius 1 is 0.323 bits per heavy atom. The third-order valence-electron chi connectivity index (χ3n) is 22.2. The van der Waals surface area contributed by atoms with Gasteiger partial charge in [0, 0.05) is 63.0 Å². The van der Waals surface area contributed by atoms with Gasteiger partial charge in [-0.3, -0.25) is 34.6 Å². The van der Waals surface area contributed by atoms with Crippen LogP contribution in [0, 0.1) is 20.2 Å². The molecule has 2 aromatic rings. The topological polar surface area (TPSA) is 885 Å². The second-order valence-electron chi connectivity index (χ2n) is 31.7. The van der Waals surface area contributed by atoms with Gasteiger partial charge in [-0.25, -0.2) is 0 Å². The lowest BCUT2D eigenvalue weighted by Gasteiger charge is -2.49. The van der Waals surface area contributed by atoms with Crippen molar-refractivity contribution >= 4 is 35.0 Å². The maximum absolute atomic E-state index is 12.0. The van der Waals surface area contributed by atoms with E-state index in [1.54, 1.807) is 0 Å². The molecule has 56 nitrogen and oxygen atoms in total. The predicted octanol–water partition coefficient (Wildman–Crippen LogP) is -14.7. The minimum atomic E-state index is -2.04. The van der Waals surface area contributed by atoms with E-state index in [2.05, 4.69) is 5.32 Å². The molecule has 29 N–H and O–H groups in total. The fraction of sp³-hybridized carbons (Fsp3) is 0.792. The molecule has 0 aromatic heterocycles. The number of ether oxygens (including phenoxy) is 18. The number of nitro groups is 2. The summed E-state index contributed by atoms with van der Waals surface area (Å²) < 4.78 is 98.1. The average Bonchev–Trinajstić information content (AvgIpc) is 0.777. The molecule has 1 amide bonds. The number of carbonyl (C=O) groups is 4. The van der Waals surface area contributed by atoms with Crippen LogP contribution in [-0.4, -0.2) is 491 Å². The van der Waals surface area contributed by atoms with E-state index in [0.29, 0.717) is 32.1 Å². The minimum Gasteiger partial charge on any atom is -0.427 e. The third-order valence-corrected chi connectivity index (χ3v) is 22.2. The van der Waals surface area contributed by atoms with E-state index in [9.17, 15) is 172 Å². The van der Waals surface area contributed by atoms with Crippen molar-refractivity contribution in [2.45, 2.75) is 304 Å². The molecule has 2 aromatic carbocycles. The molecule has 40 atom stereocenters. The molecule has 8 aliphatic heterocycles. The highest BCUT2D eigenvalue weighted by Gasteiger charge is 2.59. The lowest BCUT2D eigenvalue weighted by molar-refractivity contribution is -0.388. The van der Waals surface area contributed by atoms with E-state index in [4.69, 9.17) is 91.0 Å². The standard InChI is InChI=1S/C33H57NO23.C26H47NO21.C18H16N2O8/c1-12(39)4-2-3-5-17(40)34-6-7-50-30-24(47)20(43)27(14(9-36)52-30)56-32-26(49)22(45)29(16(11-38)54-32)57-33-25(48)21(44)28(15(10-37)53-33)55-31-23(46)19(42)18(41)13(8-35)51-31;27-1-2-41-23-17(38)13(34)20(8(4-29)43-23)47-25-19(40)15(36)22(10(6-31)45-25)48-26-18(39)14(35)21(9(5-30)44-26)46-24-16(37)12(33)11(32)7(3-28)42-24;21-17(27-15-9-5-13(6-10-15)19(23)24)3-1-2-4-18(22)28-16-11-7-14(8-12-16)20(25)26/h13-16,18-33,35-38,41-49H,2-11H2,1H3,(H,34,40);7-26,28-40H,1-6,27H2;5-12H,1-4H2/t13?,14?,15?,16?,18-,19+,20-,21-,22-,23?,24?,25?,26?,27+,28-,29-,30+,31+,32-,33+;7?,8?,9?,10?,11-,12+,13-,14-,15-,16?,17?,18?,19?,20+,21-,22-,23+,24+,25-,26+;/m11./s1. The molecule has 0 saturated carbocycles. The number of hydrogen-bond acceptors (Lipinski definition) is 53. The summed E-state index contributed by atoms with van der Waals surface area (Å²) in [6, 6.07) is 10.3. The van der Waals surface area contributed by atoms with Gasteiger partial charge in [0.15, 0.2) is 50.3 Å². The number of nitrogens with two attached hydrogens (primary N) is 1. The zero-order valence-electron chi connectivity index (χ0n) is 71.1. The first-order valence-electron chi connectivity index (χ1n) is 42.1. The van der Waals surface area contributed by atoms with Crippen LogP contribution >= 0.6 is 0 Å². The van der Waals surface area contributed by atoms with Crippen molar-refractivity contribution in [3.05, 3.63) is 68.8 Å². The van der Waals surface area contributed by atoms with Crippen LogP contribution in [0.5, 0.6) is 11.5 Å². The number of rotatable bonds is 41. The van der Waals surface area contributed by atoms with Crippen LogP contribution in [0.2, 0.25) is 0 Å². The Morgan fingerprint density at radius 2 is 0.556 bits per heavy atom. The molecule has 0 radical (unpaired) electrons. The molecular weight excluding hydrogens is 1810 g/mol. The molecular formula is C77H120N4O52. The molecule has 8 fully saturated rings. The summed E-state index contributed by atoms with van der Waals surface area (Å²) in [5, 5.41) is 293. The molecule has 760 valence electrons. The Morgan fingerprint density at radius 3 is 0.812 bits per heavy atom. The molecule has 56 heteroatoms. The van der Waals surface area contributed by atoms with Gasteiger partial charge >= 0.3 is 11.9 Å². The fourth-order valence-corrected chi connectivity index (χ4v) is 14.8. The molecule has 8 aliphatic rings. The van der Waals surface area contributed by atoms with Crippen molar-refractivity contribution in [2.24, 2.45) is 5.73 Å². The fourth-order valence-electron chi connectivity index (χ4n) is 14.8. The number of non-ortho nitro benzene ring substituents is 2. The number of unbranched alkanes of at least 4 members (excludes halogenated alkanes) is 2. The van der Waals surface area contributed by atoms with Crippen molar-refractivity contribution in [3.63, 3.8) is 0 Å². The van der Waals surface area contributed by atoms with Gasteiger partial charge in [-0.05, 0) is 56.9 Å². The van der Waals surface area contributed by atoms with Crippen LogP contribution in [-0.2, 0) is 95.0 Å². The highest BCUT2D eigenvalue weighted by Crippen LogP contribution is 2.39. The number of hydrogen-bond donors (Lipinski definition) is 28. The van der Waals surface area contributed by atoms with Gasteiger partial charge in [-0.2, -0.15) is 0 Å². The van der Waals surface area contributed by atoms with Gasteiger partial charge in [0.1, 0.15) is 213 Å². The summed E-state index contributed by atoms with van der Waals surface area (Å²) in [5.74, 6) is -0.897. The van der Waals surface area contributed by atoms with Crippen molar-refractivity contribution in [1.82, 2.24) is 5.32 Å². The maximum Gasteiger partial charge on any atom is 0.311 e. The SMILES string of the molecule is CC(=O)CCCCC(=O)NCCO[C@H]1OC(CO)[C@H](O[C@H]2OC(CO)[C@@H](O[C@@H]3OC(CO)[C@@H](O[C@@H]4OC(CO)[C@@H](O)[C@H](O)C4O)[C@H](O)C3O)[C@H](O)C2O)[C@H](O)C1O.NCCO[C@H]1OC(CO)[C@H](O[C@H]2OC(CO)[C@@H](O[C@@H]3OC(CO)[C@@H](O[C@@H]4OC(CO)[C@@H](O)[C@H](O)C4O)[C@H](O)C3O)[C@H](O)C2O)[C@H](O)C1O.O=C(CCCCC(=O)Oc1ccc([N+](=O)[O-])cc1)Oc1ccc([N+](=O)[O-])cc1. The van der Waals surface area contributed by atoms with E-state index in [1.165, 1.54) is 55.5 Å². The van der Waals surface area contributed by atoms with Gasteiger partial charge in [-0.1, -0.05) is 0 Å². The van der Waals surface area contributed by atoms with Crippen molar-refractivity contribution in [2.75, 3.05) is 79.2 Å². The minimum absolute atomic E-state index is 0.00274. The number of benzene rings is 2. The van der Waals surface area contributed by atoms with Crippen LogP contribution in [0.4, 0.5) is 11.4 Å². The second-order valence-corrected chi connectivity index (χ2v) is 31.7. The van der Waals surface area contributed by atoms with Crippen LogP contribution in [0.1, 0.15) is 58.3 Å². The highest BCUT2D eigenvalue weighted by atomic mass is 16.8. The number of ketones is 1. The van der Waals surface area contributed by atoms with Gasteiger partial charge < -0.3 is 234 Å². The van der Waals surface area contributed by atoms with E-state index >= 15 is 0 Å². The third kappa shape index (κ3) is 29.6. The number of esters is 2. The Bertz CT molecular complexity index is 3740. The Kier molecular flexibility index (Phi) is 45.2. The number of nitrogens with one attached hydrogen (secondary N) is 1. The first-order chi connectivity index (χ1) is 63.2. The zero-order valence-corrected chi connectivity index (χ0v) is 71.1. The van der Waals surface area contributed by atoms with Crippen LogP contribution in [0.25, 0.3) is 0 Å². The van der Waals surface area contributed by atoms with E-state index in [1.807, 2.05) is 0 Å². The number of nitrogens with zero attached hydrogens (tertiary/aromatic N) is 2. The average molecular weight is 1930 g/mol. The van der Waals surface area contributed by atoms with Crippen molar-refractivity contribution in [3.8, 4) is 11.5 Å². The Hall–Kier alpha value is -6.40. The number of carbonyl (C=O) groups excluding carboxylic acids is 4. The van der Waals surface area contributed by atoms with E-state index in [0.717, 1.165) is 0 Å². The quantitative estimate of drug-likeness (QED) is 0.00966. The molecule has 8 heterocycles. The predicted molar refractivity (Wildman–Crippen MR) is 422 cm³/mol. The number of aliphatic hydroxyl groups is 26. The monoisotopic (exact) mass is 1930 g/mol. The van der Waals surface area contributed by atoms with Crippen molar-refractivity contribution in [1.29, 1.82) is 0 Å². The summed E-state index contributed by atoms with van der Waals surface area (Å²) in [6.07, 6.45) is -66.9. The smallest absolute Gasteiger partial charge is 0.311 e. The molecule has 0 spiro atoms. The summed E-state index contributed by atoms with van der Waals surface area (Å²) in [7, 11) is 0. The number of amides is 1. The normalized spacial score (nSPS) is 39.2.